The molecule has 2 rings (SSSR count). The highest BCUT2D eigenvalue weighted by Gasteiger charge is 2.36. The van der Waals surface area contributed by atoms with Crippen molar-refractivity contribution in [2.24, 2.45) is 5.41 Å². The van der Waals surface area contributed by atoms with Gasteiger partial charge in [-0.1, -0.05) is 41.4 Å². The maximum atomic E-state index is 12.4. The van der Waals surface area contributed by atoms with Gasteiger partial charge >= 0.3 is 0 Å². The Kier molecular flexibility index (Phi) is 5.86. The monoisotopic (exact) mass is 364 g/mol. The first kappa shape index (κ1) is 18.3. The van der Waals surface area contributed by atoms with Crippen LogP contribution in [0.5, 0.6) is 0 Å². The van der Waals surface area contributed by atoms with Crippen LogP contribution in [-0.2, 0) is 16.1 Å². The third kappa shape index (κ3) is 4.49. The molecule has 0 aliphatic carbocycles. The van der Waals surface area contributed by atoms with Crippen molar-refractivity contribution in [2.45, 2.75) is 20.4 Å². The standard InChI is InChI=1S/C18H18Cl2N2O2/c1-18(2,17(24)22-14-9-7-13(19)8-10-14)16(23)21-11-12-5-3-4-6-15(12)20/h3-10H,11H2,1-2H3,(H,21,23)(H,22,24). The molecule has 0 atom stereocenters. The van der Waals surface area contributed by atoms with Crippen LogP contribution < -0.4 is 10.6 Å². The van der Waals surface area contributed by atoms with E-state index in [1.54, 1.807) is 44.2 Å². The van der Waals surface area contributed by atoms with E-state index in [0.717, 1.165) is 5.56 Å². The maximum absolute atomic E-state index is 12.4. The van der Waals surface area contributed by atoms with Gasteiger partial charge in [0.2, 0.25) is 11.8 Å². The fourth-order valence-corrected chi connectivity index (χ4v) is 2.29. The first-order valence-corrected chi connectivity index (χ1v) is 8.15. The number of anilines is 1. The number of hydrogen-bond donors (Lipinski definition) is 2. The summed E-state index contributed by atoms with van der Waals surface area (Å²) in [7, 11) is 0. The van der Waals surface area contributed by atoms with Crippen LogP contribution in [0.2, 0.25) is 10.0 Å². The highest BCUT2D eigenvalue weighted by molar-refractivity contribution is 6.31. The second-order valence-electron chi connectivity index (χ2n) is 5.86. The van der Waals surface area contributed by atoms with Crippen molar-refractivity contribution >= 4 is 40.7 Å². The number of amides is 2. The number of hydrogen-bond acceptors (Lipinski definition) is 2. The minimum Gasteiger partial charge on any atom is -0.351 e. The number of benzene rings is 2. The fraction of sp³-hybridized carbons (Fsp3) is 0.222. The molecule has 2 aromatic rings. The molecule has 0 unspecified atom stereocenters. The lowest BCUT2D eigenvalue weighted by atomic mass is 9.90. The molecular formula is C18H18Cl2N2O2. The predicted octanol–water partition coefficient (Wildman–Crippen LogP) is 4.27. The van der Waals surface area contributed by atoms with E-state index >= 15 is 0 Å². The molecule has 0 aliphatic heterocycles. The van der Waals surface area contributed by atoms with E-state index in [4.69, 9.17) is 23.2 Å². The third-order valence-corrected chi connectivity index (χ3v) is 4.26. The Bertz CT molecular complexity index is 743. The van der Waals surface area contributed by atoms with Gasteiger partial charge < -0.3 is 10.6 Å². The van der Waals surface area contributed by atoms with Crippen molar-refractivity contribution in [3.05, 3.63) is 64.1 Å². The van der Waals surface area contributed by atoms with Crippen LogP contribution in [-0.4, -0.2) is 11.8 Å². The van der Waals surface area contributed by atoms with Gasteiger partial charge in [-0.25, -0.2) is 0 Å². The van der Waals surface area contributed by atoms with Gasteiger partial charge in [-0.15, -0.1) is 0 Å². The van der Waals surface area contributed by atoms with E-state index in [0.29, 0.717) is 15.7 Å². The average molecular weight is 365 g/mol. The molecular weight excluding hydrogens is 347 g/mol. The molecule has 0 radical (unpaired) electrons. The summed E-state index contributed by atoms with van der Waals surface area (Å²) in [6, 6.07) is 13.9. The molecule has 24 heavy (non-hydrogen) atoms. The Hall–Kier alpha value is -2.04. The van der Waals surface area contributed by atoms with Crippen LogP contribution in [0, 0.1) is 5.41 Å². The maximum Gasteiger partial charge on any atom is 0.239 e. The third-order valence-electron chi connectivity index (χ3n) is 3.63. The van der Waals surface area contributed by atoms with Crippen molar-refractivity contribution in [3.63, 3.8) is 0 Å². The molecule has 0 bridgehead atoms. The van der Waals surface area contributed by atoms with E-state index in [2.05, 4.69) is 10.6 Å². The van der Waals surface area contributed by atoms with Crippen LogP contribution in [0.3, 0.4) is 0 Å². The van der Waals surface area contributed by atoms with Crippen LogP contribution in [0.4, 0.5) is 5.69 Å². The van der Waals surface area contributed by atoms with Crippen molar-refractivity contribution in [1.82, 2.24) is 5.32 Å². The highest BCUT2D eigenvalue weighted by atomic mass is 35.5. The summed E-state index contributed by atoms with van der Waals surface area (Å²) in [5.74, 6) is -0.782. The zero-order valence-corrected chi connectivity index (χ0v) is 14.9. The lowest BCUT2D eigenvalue weighted by Crippen LogP contribution is -2.44. The Morgan fingerprint density at radius 1 is 0.958 bits per heavy atom. The Morgan fingerprint density at radius 2 is 1.58 bits per heavy atom. The van der Waals surface area contributed by atoms with E-state index in [9.17, 15) is 9.59 Å². The smallest absolute Gasteiger partial charge is 0.239 e. The zero-order valence-electron chi connectivity index (χ0n) is 13.4. The summed E-state index contributed by atoms with van der Waals surface area (Å²) in [5, 5.41) is 6.61. The van der Waals surface area contributed by atoms with E-state index in [-0.39, 0.29) is 12.5 Å². The summed E-state index contributed by atoms with van der Waals surface area (Å²) in [4.78, 5) is 24.8. The molecule has 0 aromatic heterocycles. The summed E-state index contributed by atoms with van der Waals surface area (Å²) in [6.45, 7) is 3.40. The molecule has 126 valence electrons. The lowest BCUT2D eigenvalue weighted by molar-refractivity contribution is -0.138. The van der Waals surface area contributed by atoms with Crippen molar-refractivity contribution in [2.75, 3.05) is 5.32 Å². The first-order valence-electron chi connectivity index (χ1n) is 7.39. The van der Waals surface area contributed by atoms with Gasteiger partial charge in [0.1, 0.15) is 5.41 Å². The van der Waals surface area contributed by atoms with Crippen LogP contribution in [0.25, 0.3) is 0 Å². The van der Waals surface area contributed by atoms with Crippen molar-refractivity contribution in [1.29, 1.82) is 0 Å². The minimum absolute atomic E-state index is 0.260. The van der Waals surface area contributed by atoms with Crippen molar-refractivity contribution in [3.8, 4) is 0 Å². The molecule has 0 aliphatic rings. The molecule has 4 nitrogen and oxygen atoms in total. The average Bonchev–Trinajstić information content (AvgIpc) is 2.55. The second kappa shape index (κ2) is 7.69. The molecule has 0 heterocycles. The fourth-order valence-electron chi connectivity index (χ4n) is 1.96. The SMILES string of the molecule is CC(C)(C(=O)NCc1ccccc1Cl)C(=O)Nc1ccc(Cl)cc1. The normalized spacial score (nSPS) is 11.0. The van der Waals surface area contributed by atoms with Gasteiger partial charge in [-0.2, -0.15) is 0 Å². The number of halogens is 2. The largest absolute Gasteiger partial charge is 0.351 e. The van der Waals surface area contributed by atoms with Crippen LogP contribution in [0.1, 0.15) is 19.4 Å². The topological polar surface area (TPSA) is 58.2 Å². The number of carbonyl (C=O) groups excluding carboxylic acids is 2. The van der Waals surface area contributed by atoms with E-state index in [1.807, 2.05) is 18.2 Å². The molecule has 6 heteroatoms. The number of nitrogens with one attached hydrogen (secondary N) is 2. The molecule has 0 saturated heterocycles. The van der Waals surface area contributed by atoms with Gasteiger partial charge in [-0.05, 0) is 49.7 Å². The summed E-state index contributed by atoms with van der Waals surface area (Å²) in [6.07, 6.45) is 0. The quantitative estimate of drug-likeness (QED) is 0.778. The van der Waals surface area contributed by atoms with Gasteiger partial charge in [0.05, 0.1) is 0 Å². The molecule has 2 aromatic carbocycles. The summed E-state index contributed by atoms with van der Waals surface area (Å²) in [5.41, 5.74) is 0.138. The van der Waals surface area contributed by atoms with Gasteiger partial charge in [-0.3, -0.25) is 9.59 Å². The highest BCUT2D eigenvalue weighted by Crippen LogP contribution is 2.21. The molecule has 0 saturated carbocycles. The molecule has 0 spiro atoms. The lowest BCUT2D eigenvalue weighted by Gasteiger charge is -2.23. The number of rotatable bonds is 5. The van der Waals surface area contributed by atoms with E-state index in [1.165, 1.54) is 0 Å². The van der Waals surface area contributed by atoms with Gasteiger partial charge in [0.25, 0.3) is 0 Å². The summed E-state index contributed by atoms with van der Waals surface area (Å²) >= 11 is 11.9. The predicted molar refractivity (Wildman–Crippen MR) is 97.2 cm³/mol. The van der Waals surface area contributed by atoms with Crippen molar-refractivity contribution < 1.29 is 9.59 Å². The molecule has 0 fully saturated rings. The Balaban J connectivity index is 1.99. The molecule has 2 amide bonds. The Labute approximate surface area is 151 Å². The van der Waals surface area contributed by atoms with Gasteiger partial charge in [0.15, 0.2) is 0 Å². The zero-order chi connectivity index (χ0) is 17.7. The first-order chi connectivity index (χ1) is 11.3. The van der Waals surface area contributed by atoms with Crippen LogP contribution in [0.15, 0.2) is 48.5 Å². The number of carbonyl (C=O) groups is 2. The van der Waals surface area contributed by atoms with E-state index < -0.39 is 11.3 Å². The molecule has 2 N–H and O–H groups in total. The Morgan fingerprint density at radius 3 is 2.21 bits per heavy atom. The minimum atomic E-state index is -1.24. The second-order valence-corrected chi connectivity index (χ2v) is 6.70. The van der Waals surface area contributed by atoms with Crippen LogP contribution >= 0.6 is 23.2 Å². The summed E-state index contributed by atoms with van der Waals surface area (Å²) < 4.78 is 0. The van der Waals surface area contributed by atoms with Gasteiger partial charge in [0, 0.05) is 22.3 Å².